The average Bonchev–Trinajstić information content (AvgIpc) is 2.29. The van der Waals surface area contributed by atoms with Crippen LogP contribution in [0.2, 0.25) is 0 Å². The van der Waals surface area contributed by atoms with Gasteiger partial charge in [0.25, 0.3) is 0 Å². The van der Waals surface area contributed by atoms with Crippen molar-refractivity contribution < 1.29 is 4.74 Å². The van der Waals surface area contributed by atoms with Crippen molar-refractivity contribution in [2.75, 3.05) is 51.2 Å². The van der Waals surface area contributed by atoms with E-state index in [-0.39, 0.29) is 5.38 Å². The van der Waals surface area contributed by atoms with E-state index < -0.39 is 0 Å². The molecule has 0 aliphatic rings. The smallest absolute Gasteiger partial charge is 0.226 e. The van der Waals surface area contributed by atoms with Crippen LogP contribution in [0, 0.1) is 0 Å². The molecule has 0 amide bonds. The molecule has 5 nitrogen and oxygen atoms in total. The molecule has 1 aromatic rings. The monoisotopic (exact) mass is 258 g/mol. The summed E-state index contributed by atoms with van der Waals surface area (Å²) in [6.45, 7) is 1.21. The Morgan fingerprint density at radius 3 is 2.71 bits per heavy atom. The van der Waals surface area contributed by atoms with E-state index in [1.54, 1.807) is 13.3 Å². The zero-order chi connectivity index (χ0) is 12.8. The number of halogens is 1. The Kier molecular flexibility index (Phi) is 5.44. The molecule has 0 aliphatic carbocycles. The molecule has 0 N–H and O–H groups in total. The molecule has 0 saturated heterocycles. The van der Waals surface area contributed by atoms with Crippen LogP contribution in [0.1, 0.15) is 0 Å². The molecule has 1 unspecified atom stereocenters. The summed E-state index contributed by atoms with van der Waals surface area (Å²) in [6.07, 6.45) is 1.74. The molecule has 1 aromatic heterocycles. The van der Waals surface area contributed by atoms with Gasteiger partial charge in [-0.15, -0.1) is 11.6 Å². The van der Waals surface area contributed by atoms with Gasteiger partial charge in [-0.1, -0.05) is 0 Å². The fraction of sp³-hybridized carbons (Fsp3) is 0.636. The van der Waals surface area contributed by atoms with Gasteiger partial charge in [-0.05, 0) is 6.07 Å². The van der Waals surface area contributed by atoms with Gasteiger partial charge >= 0.3 is 0 Å². The van der Waals surface area contributed by atoms with Gasteiger partial charge < -0.3 is 14.5 Å². The summed E-state index contributed by atoms with van der Waals surface area (Å²) in [7, 11) is 7.42. The van der Waals surface area contributed by atoms with Crippen molar-refractivity contribution in [2.45, 2.75) is 5.38 Å². The lowest BCUT2D eigenvalue weighted by molar-refractivity contribution is 0.199. The summed E-state index contributed by atoms with van der Waals surface area (Å²) in [6, 6.07) is 1.86. The molecular formula is C11H19ClN4O. The normalized spacial score (nSPS) is 12.3. The second-order valence-electron chi connectivity index (χ2n) is 4.04. The zero-order valence-corrected chi connectivity index (χ0v) is 11.5. The molecule has 0 saturated carbocycles. The minimum absolute atomic E-state index is 0.0530. The summed E-state index contributed by atoms with van der Waals surface area (Å²) in [5, 5.41) is -0.0530. The van der Waals surface area contributed by atoms with Crippen molar-refractivity contribution in [3.63, 3.8) is 0 Å². The number of rotatable bonds is 6. The Labute approximate surface area is 107 Å². The molecule has 1 rings (SSSR count). The van der Waals surface area contributed by atoms with Crippen molar-refractivity contribution in [3.05, 3.63) is 12.3 Å². The van der Waals surface area contributed by atoms with E-state index in [9.17, 15) is 0 Å². The van der Waals surface area contributed by atoms with Gasteiger partial charge in [0, 0.05) is 41.0 Å². The molecular weight excluding hydrogens is 240 g/mol. The number of ether oxygens (including phenoxy) is 1. The highest BCUT2D eigenvalue weighted by atomic mass is 35.5. The van der Waals surface area contributed by atoms with Gasteiger partial charge in [-0.3, -0.25) is 0 Å². The Hall–Kier alpha value is -1.07. The Morgan fingerprint density at radius 2 is 2.12 bits per heavy atom. The zero-order valence-electron chi connectivity index (χ0n) is 10.7. The van der Waals surface area contributed by atoms with E-state index in [4.69, 9.17) is 16.3 Å². The fourth-order valence-electron chi connectivity index (χ4n) is 1.39. The number of methoxy groups -OCH3 is 1. The standard InChI is InChI=1S/C11H19ClN4O/c1-15(2)11-13-6-5-10(14-11)16(3)7-9(12)8-17-4/h5-6,9H,7-8H2,1-4H3. The molecule has 0 radical (unpaired) electrons. The Morgan fingerprint density at radius 1 is 1.41 bits per heavy atom. The maximum atomic E-state index is 6.11. The first-order valence-electron chi connectivity index (χ1n) is 5.39. The SMILES string of the molecule is COCC(Cl)CN(C)c1ccnc(N(C)C)n1. The van der Waals surface area contributed by atoms with Crippen LogP contribution in [0.5, 0.6) is 0 Å². The maximum Gasteiger partial charge on any atom is 0.226 e. The first-order chi connectivity index (χ1) is 8.04. The highest BCUT2D eigenvalue weighted by molar-refractivity contribution is 6.21. The Balaban J connectivity index is 2.68. The molecule has 1 heterocycles. The van der Waals surface area contributed by atoms with Crippen LogP contribution in [0.4, 0.5) is 11.8 Å². The van der Waals surface area contributed by atoms with Crippen LogP contribution in [-0.2, 0) is 4.74 Å². The summed E-state index contributed by atoms with van der Waals surface area (Å²) in [4.78, 5) is 12.5. The minimum atomic E-state index is -0.0530. The summed E-state index contributed by atoms with van der Waals surface area (Å²) < 4.78 is 5.00. The number of alkyl halides is 1. The average molecular weight is 259 g/mol. The molecule has 1 atom stereocenters. The van der Waals surface area contributed by atoms with E-state index in [1.165, 1.54) is 0 Å². The van der Waals surface area contributed by atoms with Crippen LogP contribution in [0.15, 0.2) is 12.3 Å². The largest absolute Gasteiger partial charge is 0.383 e. The molecule has 0 spiro atoms. The van der Waals surface area contributed by atoms with E-state index in [0.29, 0.717) is 19.1 Å². The van der Waals surface area contributed by atoms with Crippen molar-refractivity contribution >= 4 is 23.4 Å². The fourth-order valence-corrected chi connectivity index (χ4v) is 1.72. The maximum absolute atomic E-state index is 6.11. The second-order valence-corrected chi connectivity index (χ2v) is 4.66. The van der Waals surface area contributed by atoms with Gasteiger partial charge in [-0.2, -0.15) is 4.98 Å². The van der Waals surface area contributed by atoms with Crippen molar-refractivity contribution in [1.29, 1.82) is 0 Å². The molecule has 17 heavy (non-hydrogen) atoms. The van der Waals surface area contributed by atoms with Gasteiger partial charge in [0.15, 0.2) is 0 Å². The predicted molar refractivity (Wildman–Crippen MR) is 71.1 cm³/mol. The summed E-state index contributed by atoms with van der Waals surface area (Å²) >= 11 is 6.11. The quantitative estimate of drug-likeness (QED) is 0.718. The van der Waals surface area contributed by atoms with E-state index in [1.807, 2.05) is 37.0 Å². The highest BCUT2D eigenvalue weighted by Crippen LogP contribution is 2.13. The van der Waals surface area contributed by atoms with E-state index >= 15 is 0 Å². The van der Waals surface area contributed by atoms with Gasteiger partial charge in [0.1, 0.15) is 5.82 Å². The number of hydrogen-bond acceptors (Lipinski definition) is 5. The molecule has 0 bridgehead atoms. The van der Waals surface area contributed by atoms with Gasteiger partial charge in [-0.25, -0.2) is 4.98 Å². The molecule has 0 fully saturated rings. The van der Waals surface area contributed by atoms with Gasteiger partial charge in [0.05, 0.1) is 12.0 Å². The molecule has 0 aliphatic heterocycles. The lowest BCUT2D eigenvalue weighted by Gasteiger charge is -2.22. The van der Waals surface area contributed by atoms with Crippen molar-refractivity contribution in [3.8, 4) is 0 Å². The third-order valence-corrected chi connectivity index (χ3v) is 2.50. The number of anilines is 2. The Bertz CT molecular complexity index is 348. The molecule has 6 heteroatoms. The third kappa shape index (κ3) is 4.36. The van der Waals surface area contributed by atoms with Crippen LogP contribution >= 0.6 is 11.6 Å². The minimum Gasteiger partial charge on any atom is -0.383 e. The number of hydrogen-bond donors (Lipinski definition) is 0. The lowest BCUT2D eigenvalue weighted by Crippen LogP contribution is -2.29. The predicted octanol–water partition coefficient (Wildman–Crippen LogP) is 1.23. The van der Waals surface area contributed by atoms with Gasteiger partial charge in [0.2, 0.25) is 5.95 Å². The van der Waals surface area contributed by atoms with Crippen LogP contribution in [-0.4, -0.2) is 56.7 Å². The lowest BCUT2D eigenvalue weighted by atomic mass is 10.4. The molecule has 0 aromatic carbocycles. The topological polar surface area (TPSA) is 41.5 Å². The van der Waals surface area contributed by atoms with Crippen LogP contribution in [0.3, 0.4) is 0 Å². The first kappa shape index (κ1) is 14.0. The third-order valence-electron chi connectivity index (χ3n) is 2.24. The summed E-state index contributed by atoms with van der Waals surface area (Å²) in [5.41, 5.74) is 0. The number of nitrogens with zero attached hydrogens (tertiary/aromatic N) is 4. The summed E-state index contributed by atoms with van der Waals surface area (Å²) in [5.74, 6) is 1.54. The van der Waals surface area contributed by atoms with Crippen LogP contribution in [0.25, 0.3) is 0 Å². The second kappa shape index (κ2) is 6.61. The molecule has 96 valence electrons. The highest BCUT2D eigenvalue weighted by Gasteiger charge is 2.11. The van der Waals surface area contributed by atoms with E-state index in [0.717, 1.165) is 5.82 Å². The van der Waals surface area contributed by atoms with Crippen molar-refractivity contribution in [2.24, 2.45) is 0 Å². The van der Waals surface area contributed by atoms with Crippen LogP contribution < -0.4 is 9.80 Å². The first-order valence-corrected chi connectivity index (χ1v) is 5.82. The number of aromatic nitrogens is 2. The van der Waals surface area contributed by atoms with Crippen molar-refractivity contribution in [1.82, 2.24) is 9.97 Å². The van der Waals surface area contributed by atoms with E-state index in [2.05, 4.69) is 9.97 Å².